The molecule has 0 N–H and O–H groups in total. The number of esters is 1. The van der Waals surface area contributed by atoms with Gasteiger partial charge in [-0.3, -0.25) is 9.59 Å². The number of benzene rings is 1. The molecule has 1 atom stereocenters. The second-order valence-corrected chi connectivity index (χ2v) is 5.81. The number of hydrogen-bond acceptors (Lipinski definition) is 4. The van der Waals surface area contributed by atoms with Crippen LogP contribution in [-0.4, -0.2) is 49.7 Å². The summed E-state index contributed by atoms with van der Waals surface area (Å²) < 4.78 is 48.4. The van der Waals surface area contributed by atoms with Crippen molar-refractivity contribution in [1.82, 2.24) is 4.90 Å². The Labute approximate surface area is 143 Å². The quantitative estimate of drug-likeness (QED) is 0.758. The predicted octanol–water partition coefficient (Wildman–Crippen LogP) is 2.43. The summed E-state index contributed by atoms with van der Waals surface area (Å²) in [5.74, 6) is -0.648. The molecule has 0 radical (unpaired) electrons. The molecule has 2 rings (SSSR count). The molecule has 1 aromatic rings. The maximum absolute atomic E-state index is 12.8. The van der Waals surface area contributed by atoms with Crippen LogP contribution in [-0.2, 0) is 31.7 Å². The van der Waals surface area contributed by atoms with Crippen LogP contribution >= 0.6 is 0 Å². The first-order valence-corrected chi connectivity index (χ1v) is 7.92. The van der Waals surface area contributed by atoms with E-state index in [2.05, 4.69) is 4.74 Å². The minimum Gasteiger partial charge on any atom is -0.469 e. The number of alkyl halides is 3. The van der Waals surface area contributed by atoms with Gasteiger partial charge in [0, 0.05) is 25.9 Å². The Kier molecular flexibility index (Phi) is 6.41. The van der Waals surface area contributed by atoms with Crippen molar-refractivity contribution in [2.24, 2.45) is 0 Å². The van der Waals surface area contributed by atoms with Crippen molar-refractivity contribution in [3.63, 3.8) is 0 Å². The molecule has 1 aliphatic heterocycles. The van der Waals surface area contributed by atoms with Gasteiger partial charge < -0.3 is 14.4 Å². The monoisotopic (exact) mass is 359 g/mol. The van der Waals surface area contributed by atoms with Gasteiger partial charge in [-0.1, -0.05) is 18.2 Å². The molecule has 0 spiro atoms. The van der Waals surface area contributed by atoms with Gasteiger partial charge in [-0.2, -0.15) is 13.2 Å². The molecule has 0 saturated carbocycles. The molecule has 138 valence electrons. The fraction of sp³-hybridized carbons (Fsp3) is 0.529. The number of ether oxygens (including phenoxy) is 2. The topological polar surface area (TPSA) is 55.8 Å². The van der Waals surface area contributed by atoms with Crippen LogP contribution in [0.4, 0.5) is 13.2 Å². The molecular weight excluding hydrogens is 339 g/mol. The zero-order valence-electron chi connectivity index (χ0n) is 13.8. The number of carbonyl (C=O) groups excluding carboxylic acids is 2. The van der Waals surface area contributed by atoms with Crippen molar-refractivity contribution in [2.75, 3.05) is 26.8 Å². The standard InChI is InChI=1S/C17H20F3NO4/c1-24-16(23)6-5-15(22)21-7-8-25-14(11-21)10-12-3-2-4-13(9-12)17(18,19)20/h2-4,9,14H,5-8,10-11H2,1H3/t14-/m1/s1. The second kappa shape index (κ2) is 8.33. The fourth-order valence-corrected chi connectivity index (χ4v) is 2.68. The van der Waals surface area contributed by atoms with Crippen molar-refractivity contribution < 1.29 is 32.2 Å². The van der Waals surface area contributed by atoms with Crippen molar-refractivity contribution in [1.29, 1.82) is 0 Å². The largest absolute Gasteiger partial charge is 0.469 e. The van der Waals surface area contributed by atoms with Gasteiger partial charge in [0.25, 0.3) is 0 Å². The fourth-order valence-electron chi connectivity index (χ4n) is 2.68. The average Bonchev–Trinajstić information content (AvgIpc) is 2.59. The molecule has 5 nitrogen and oxygen atoms in total. The number of hydrogen-bond donors (Lipinski definition) is 0. The summed E-state index contributed by atoms with van der Waals surface area (Å²) >= 11 is 0. The van der Waals surface area contributed by atoms with Gasteiger partial charge in [0.05, 0.1) is 31.8 Å². The SMILES string of the molecule is COC(=O)CCC(=O)N1CCO[C@H](Cc2cccc(C(F)(F)F)c2)C1. The van der Waals surface area contributed by atoms with E-state index in [1.807, 2.05) is 0 Å². The summed E-state index contributed by atoms with van der Waals surface area (Å²) in [7, 11) is 1.26. The summed E-state index contributed by atoms with van der Waals surface area (Å²) in [6, 6.07) is 5.09. The van der Waals surface area contributed by atoms with E-state index in [-0.39, 0.29) is 37.8 Å². The highest BCUT2D eigenvalue weighted by molar-refractivity contribution is 5.81. The first-order chi connectivity index (χ1) is 11.8. The molecule has 1 saturated heterocycles. The highest BCUT2D eigenvalue weighted by atomic mass is 19.4. The molecule has 1 heterocycles. The number of carbonyl (C=O) groups is 2. The lowest BCUT2D eigenvalue weighted by Gasteiger charge is -2.33. The maximum Gasteiger partial charge on any atom is 0.416 e. The van der Waals surface area contributed by atoms with Crippen LogP contribution in [0.15, 0.2) is 24.3 Å². The van der Waals surface area contributed by atoms with Gasteiger partial charge in [0.1, 0.15) is 0 Å². The summed E-state index contributed by atoms with van der Waals surface area (Å²) in [5, 5.41) is 0. The van der Waals surface area contributed by atoms with E-state index in [1.165, 1.54) is 13.2 Å². The molecule has 0 unspecified atom stereocenters. The Balaban J connectivity index is 1.93. The third kappa shape index (κ3) is 5.74. The van der Waals surface area contributed by atoms with Crippen LogP contribution in [0.25, 0.3) is 0 Å². The Morgan fingerprint density at radius 2 is 2.08 bits per heavy atom. The van der Waals surface area contributed by atoms with Crippen LogP contribution in [0.5, 0.6) is 0 Å². The van der Waals surface area contributed by atoms with Gasteiger partial charge in [-0.05, 0) is 11.6 Å². The predicted molar refractivity (Wildman–Crippen MR) is 82.7 cm³/mol. The summed E-state index contributed by atoms with van der Waals surface area (Å²) in [4.78, 5) is 24.8. The first-order valence-electron chi connectivity index (χ1n) is 7.92. The summed E-state index contributed by atoms with van der Waals surface area (Å²) in [6.07, 6.45) is -4.43. The van der Waals surface area contributed by atoms with Crippen LogP contribution in [0.3, 0.4) is 0 Å². The molecule has 0 aliphatic carbocycles. The molecule has 8 heteroatoms. The van der Waals surface area contributed by atoms with Crippen molar-refractivity contribution in [3.05, 3.63) is 35.4 Å². The highest BCUT2D eigenvalue weighted by Gasteiger charge is 2.31. The van der Waals surface area contributed by atoms with E-state index in [0.717, 1.165) is 12.1 Å². The molecule has 0 bridgehead atoms. The maximum atomic E-state index is 12.8. The number of rotatable bonds is 5. The highest BCUT2D eigenvalue weighted by Crippen LogP contribution is 2.30. The van der Waals surface area contributed by atoms with Crippen LogP contribution in [0.2, 0.25) is 0 Å². The number of nitrogens with zero attached hydrogens (tertiary/aromatic N) is 1. The molecular formula is C17H20F3NO4. The van der Waals surface area contributed by atoms with Gasteiger partial charge in [-0.15, -0.1) is 0 Å². The van der Waals surface area contributed by atoms with Gasteiger partial charge in [0.2, 0.25) is 5.91 Å². The van der Waals surface area contributed by atoms with Crippen molar-refractivity contribution in [3.8, 4) is 0 Å². The molecule has 0 aromatic heterocycles. The van der Waals surface area contributed by atoms with Crippen molar-refractivity contribution in [2.45, 2.75) is 31.5 Å². The van der Waals surface area contributed by atoms with Gasteiger partial charge in [-0.25, -0.2) is 0 Å². The van der Waals surface area contributed by atoms with Crippen LogP contribution in [0.1, 0.15) is 24.0 Å². The number of amides is 1. The molecule has 1 aliphatic rings. The second-order valence-electron chi connectivity index (χ2n) is 5.81. The van der Waals surface area contributed by atoms with E-state index in [9.17, 15) is 22.8 Å². The van der Waals surface area contributed by atoms with Crippen molar-refractivity contribution >= 4 is 11.9 Å². The number of methoxy groups -OCH3 is 1. The summed E-state index contributed by atoms with van der Waals surface area (Å²) in [6.45, 7) is 1.00. The number of morpholine rings is 1. The minimum atomic E-state index is -4.39. The summed E-state index contributed by atoms with van der Waals surface area (Å²) in [5.41, 5.74) is -0.199. The Hall–Kier alpha value is -2.09. The lowest BCUT2D eigenvalue weighted by atomic mass is 10.0. The third-order valence-corrected chi connectivity index (χ3v) is 3.98. The lowest BCUT2D eigenvalue weighted by molar-refractivity contribution is -0.145. The van der Waals surface area contributed by atoms with E-state index in [0.29, 0.717) is 18.7 Å². The smallest absolute Gasteiger partial charge is 0.416 e. The average molecular weight is 359 g/mol. The van der Waals surface area contributed by atoms with Crippen LogP contribution < -0.4 is 0 Å². The Morgan fingerprint density at radius 1 is 1.32 bits per heavy atom. The number of halogens is 3. The van der Waals surface area contributed by atoms with Crippen LogP contribution in [0, 0.1) is 0 Å². The van der Waals surface area contributed by atoms with E-state index >= 15 is 0 Å². The molecule has 25 heavy (non-hydrogen) atoms. The zero-order valence-corrected chi connectivity index (χ0v) is 13.8. The Bertz CT molecular complexity index is 618. The zero-order chi connectivity index (χ0) is 18.4. The molecule has 1 aromatic carbocycles. The normalized spacial score (nSPS) is 18.1. The molecule has 1 fully saturated rings. The first kappa shape index (κ1) is 19.2. The van der Waals surface area contributed by atoms with E-state index < -0.39 is 17.7 Å². The van der Waals surface area contributed by atoms with E-state index in [1.54, 1.807) is 11.0 Å². The minimum absolute atomic E-state index is 0.00495. The van der Waals surface area contributed by atoms with E-state index in [4.69, 9.17) is 4.74 Å². The third-order valence-electron chi connectivity index (χ3n) is 3.98. The van der Waals surface area contributed by atoms with Gasteiger partial charge in [0.15, 0.2) is 0 Å². The van der Waals surface area contributed by atoms with Gasteiger partial charge >= 0.3 is 12.1 Å². The Morgan fingerprint density at radius 3 is 2.76 bits per heavy atom. The molecule has 1 amide bonds. The lowest BCUT2D eigenvalue weighted by Crippen LogP contribution is -2.46.